The van der Waals surface area contributed by atoms with Crippen LogP contribution in [0.3, 0.4) is 0 Å². The van der Waals surface area contributed by atoms with E-state index in [-0.39, 0.29) is 18.6 Å². The lowest BCUT2D eigenvalue weighted by Gasteiger charge is -2.29. The molecule has 1 aliphatic heterocycles. The number of likely N-dealkylation sites (tertiary alicyclic amines) is 1. The molecule has 1 amide bonds. The summed E-state index contributed by atoms with van der Waals surface area (Å²) in [4.78, 5) is 13.9. The number of nitrogens with zero attached hydrogens (tertiary/aromatic N) is 1. The number of nitrogens with one attached hydrogen (secondary N) is 1. The predicted molar refractivity (Wildman–Crippen MR) is 81.8 cm³/mol. The summed E-state index contributed by atoms with van der Waals surface area (Å²) in [6.45, 7) is 1.54. The van der Waals surface area contributed by atoms with Gasteiger partial charge in [0, 0.05) is 6.54 Å². The van der Waals surface area contributed by atoms with Crippen molar-refractivity contribution in [1.82, 2.24) is 4.90 Å². The van der Waals surface area contributed by atoms with Crippen molar-refractivity contribution >= 4 is 46.4 Å². The second-order valence-electron chi connectivity index (χ2n) is 4.83. The first-order chi connectivity index (χ1) is 9.45. The van der Waals surface area contributed by atoms with Gasteiger partial charge in [-0.15, -0.1) is 0 Å². The van der Waals surface area contributed by atoms with Gasteiger partial charge in [-0.3, -0.25) is 9.69 Å². The molecule has 1 aromatic rings. The molecule has 0 bridgehead atoms. The van der Waals surface area contributed by atoms with Crippen molar-refractivity contribution < 1.29 is 9.90 Å². The summed E-state index contributed by atoms with van der Waals surface area (Å²) < 4.78 is 0. The molecule has 0 unspecified atom stereocenters. The first kappa shape index (κ1) is 15.9. The van der Waals surface area contributed by atoms with Crippen LogP contribution in [-0.2, 0) is 4.79 Å². The van der Waals surface area contributed by atoms with Crippen LogP contribution in [0.4, 0.5) is 5.69 Å². The summed E-state index contributed by atoms with van der Waals surface area (Å²) in [5.74, 6) is -0.195. The molecule has 1 aromatic carbocycles. The third kappa shape index (κ3) is 4.24. The molecule has 2 rings (SSSR count). The minimum absolute atomic E-state index is 0.195. The van der Waals surface area contributed by atoms with Gasteiger partial charge in [0.1, 0.15) is 0 Å². The van der Waals surface area contributed by atoms with Gasteiger partial charge in [-0.1, -0.05) is 34.8 Å². The van der Waals surface area contributed by atoms with Gasteiger partial charge in [0.2, 0.25) is 5.91 Å². The Labute approximate surface area is 132 Å². The van der Waals surface area contributed by atoms with Crippen LogP contribution in [-0.4, -0.2) is 41.7 Å². The topological polar surface area (TPSA) is 52.6 Å². The van der Waals surface area contributed by atoms with Gasteiger partial charge in [-0.25, -0.2) is 0 Å². The Bertz CT molecular complexity index is 511. The Kier molecular flexibility index (Phi) is 5.52. The van der Waals surface area contributed by atoms with E-state index < -0.39 is 0 Å². The molecule has 7 heteroatoms. The quantitative estimate of drug-likeness (QED) is 0.834. The predicted octanol–water partition coefficient (Wildman–Crippen LogP) is 3.04. The number of carbonyl (C=O) groups excluding carboxylic acids is 1. The van der Waals surface area contributed by atoms with E-state index in [9.17, 15) is 9.90 Å². The minimum Gasteiger partial charge on any atom is -0.392 e. The van der Waals surface area contributed by atoms with E-state index in [1.165, 1.54) is 12.1 Å². The lowest BCUT2D eigenvalue weighted by atomic mass is 10.1. The van der Waals surface area contributed by atoms with Crippen molar-refractivity contribution in [3.8, 4) is 0 Å². The molecular weight excluding hydrogens is 323 g/mol. The number of hydrogen-bond donors (Lipinski definition) is 2. The summed E-state index contributed by atoms with van der Waals surface area (Å²) in [5, 5.41) is 13.3. The van der Waals surface area contributed by atoms with Crippen LogP contribution in [0, 0.1) is 0 Å². The van der Waals surface area contributed by atoms with Crippen molar-refractivity contribution in [3.05, 3.63) is 27.2 Å². The molecule has 1 fully saturated rings. The molecule has 1 saturated heterocycles. The Balaban J connectivity index is 1.96. The van der Waals surface area contributed by atoms with Gasteiger partial charge in [0.05, 0.1) is 33.4 Å². The zero-order valence-corrected chi connectivity index (χ0v) is 13.0. The molecule has 0 saturated carbocycles. The molecule has 1 heterocycles. The minimum atomic E-state index is -0.356. The third-order valence-electron chi connectivity index (χ3n) is 3.13. The highest BCUT2D eigenvalue weighted by atomic mass is 35.5. The number of halogens is 3. The first-order valence-corrected chi connectivity index (χ1v) is 7.44. The second-order valence-corrected chi connectivity index (χ2v) is 6.05. The molecule has 1 aliphatic rings. The number of amides is 1. The van der Waals surface area contributed by atoms with E-state index >= 15 is 0 Å². The number of carbonyl (C=O) groups is 1. The number of anilines is 1. The smallest absolute Gasteiger partial charge is 0.238 e. The molecule has 1 atom stereocenters. The number of aliphatic hydroxyl groups excluding tert-OH is 1. The van der Waals surface area contributed by atoms with Crippen molar-refractivity contribution in [2.75, 3.05) is 25.0 Å². The molecule has 0 spiro atoms. The molecule has 0 aliphatic carbocycles. The molecular formula is C13H15Cl3N2O2. The van der Waals surface area contributed by atoms with Crippen LogP contribution in [0.5, 0.6) is 0 Å². The van der Waals surface area contributed by atoms with Crippen LogP contribution >= 0.6 is 34.8 Å². The number of aliphatic hydroxyl groups is 1. The van der Waals surface area contributed by atoms with Crippen molar-refractivity contribution in [3.63, 3.8) is 0 Å². The van der Waals surface area contributed by atoms with Crippen molar-refractivity contribution in [1.29, 1.82) is 0 Å². The van der Waals surface area contributed by atoms with Crippen LogP contribution < -0.4 is 5.32 Å². The van der Waals surface area contributed by atoms with Gasteiger partial charge in [-0.05, 0) is 31.5 Å². The zero-order valence-electron chi connectivity index (χ0n) is 10.7. The van der Waals surface area contributed by atoms with E-state index in [0.29, 0.717) is 27.3 Å². The maximum absolute atomic E-state index is 12.0. The van der Waals surface area contributed by atoms with E-state index in [0.717, 1.165) is 19.4 Å². The summed E-state index contributed by atoms with van der Waals surface area (Å²) in [7, 11) is 0. The summed E-state index contributed by atoms with van der Waals surface area (Å²) >= 11 is 17.7. The summed E-state index contributed by atoms with van der Waals surface area (Å²) in [6.07, 6.45) is 1.32. The Hall–Kier alpha value is -0.520. The maximum Gasteiger partial charge on any atom is 0.238 e. The highest BCUT2D eigenvalue weighted by Crippen LogP contribution is 2.32. The standard InChI is InChI=1S/C13H15Cl3N2O2/c14-9-4-11(16)12(5-10(9)15)17-13(20)7-18-3-1-2-8(19)6-18/h4-5,8,19H,1-3,6-7H2,(H,17,20)/t8-/m0/s1. The average Bonchev–Trinajstić information content (AvgIpc) is 2.36. The zero-order chi connectivity index (χ0) is 14.7. The fraction of sp³-hybridized carbons (Fsp3) is 0.462. The maximum atomic E-state index is 12.0. The van der Waals surface area contributed by atoms with Gasteiger partial charge in [0.25, 0.3) is 0 Å². The number of piperidine rings is 1. The number of hydrogen-bond acceptors (Lipinski definition) is 3. The van der Waals surface area contributed by atoms with Gasteiger partial charge < -0.3 is 10.4 Å². The summed E-state index contributed by atoms with van der Waals surface area (Å²) in [5.41, 5.74) is 0.434. The third-order valence-corrected chi connectivity index (χ3v) is 4.17. The molecule has 2 N–H and O–H groups in total. The molecule has 110 valence electrons. The molecule has 0 aromatic heterocycles. The number of β-amino-alcohol motifs (C(OH)–C–C–N with tert-alkyl or cyclic N) is 1. The normalized spacial score (nSPS) is 19.9. The lowest BCUT2D eigenvalue weighted by Crippen LogP contribution is -2.42. The lowest BCUT2D eigenvalue weighted by molar-refractivity contribution is -0.118. The van der Waals surface area contributed by atoms with Gasteiger partial charge in [0.15, 0.2) is 0 Å². The van der Waals surface area contributed by atoms with E-state index in [4.69, 9.17) is 34.8 Å². The Morgan fingerprint density at radius 3 is 2.70 bits per heavy atom. The van der Waals surface area contributed by atoms with Crippen LogP contribution in [0.2, 0.25) is 15.1 Å². The van der Waals surface area contributed by atoms with E-state index in [1.807, 2.05) is 4.90 Å². The SMILES string of the molecule is O=C(CN1CCC[C@H](O)C1)Nc1cc(Cl)c(Cl)cc1Cl. The monoisotopic (exact) mass is 336 g/mol. The molecule has 20 heavy (non-hydrogen) atoms. The average molecular weight is 338 g/mol. The van der Waals surface area contributed by atoms with Crippen LogP contribution in [0.1, 0.15) is 12.8 Å². The highest BCUT2D eigenvalue weighted by Gasteiger charge is 2.20. The van der Waals surface area contributed by atoms with Crippen molar-refractivity contribution in [2.45, 2.75) is 18.9 Å². The van der Waals surface area contributed by atoms with Crippen LogP contribution in [0.25, 0.3) is 0 Å². The highest BCUT2D eigenvalue weighted by molar-refractivity contribution is 6.44. The number of benzene rings is 1. The fourth-order valence-corrected chi connectivity index (χ4v) is 2.78. The largest absolute Gasteiger partial charge is 0.392 e. The van der Waals surface area contributed by atoms with Gasteiger partial charge in [-0.2, -0.15) is 0 Å². The first-order valence-electron chi connectivity index (χ1n) is 6.30. The Morgan fingerprint density at radius 1 is 1.30 bits per heavy atom. The van der Waals surface area contributed by atoms with Gasteiger partial charge >= 0.3 is 0 Å². The molecule has 0 radical (unpaired) electrons. The van der Waals surface area contributed by atoms with E-state index in [2.05, 4.69) is 5.32 Å². The van der Waals surface area contributed by atoms with E-state index in [1.54, 1.807) is 0 Å². The molecule has 4 nitrogen and oxygen atoms in total. The summed E-state index contributed by atoms with van der Waals surface area (Å²) in [6, 6.07) is 3.01. The fourth-order valence-electron chi connectivity index (χ4n) is 2.19. The van der Waals surface area contributed by atoms with Crippen molar-refractivity contribution in [2.24, 2.45) is 0 Å². The second kappa shape index (κ2) is 6.96. The van der Waals surface area contributed by atoms with Crippen LogP contribution in [0.15, 0.2) is 12.1 Å². The number of rotatable bonds is 3. The Morgan fingerprint density at radius 2 is 2.00 bits per heavy atom.